The second-order valence-corrected chi connectivity index (χ2v) is 9.37. The lowest BCUT2D eigenvalue weighted by Crippen LogP contribution is -2.50. The fourth-order valence-corrected chi connectivity index (χ4v) is 5.83. The third-order valence-electron chi connectivity index (χ3n) is 4.70. The van der Waals surface area contributed by atoms with Gasteiger partial charge in [0.25, 0.3) is 10.0 Å². The van der Waals surface area contributed by atoms with E-state index in [2.05, 4.69) is 4.98 Å². The van der Waals surface area contributed by atoms with E-state index < -0.39 is 10.0 Å². The molecule has 0 bridgehead atoms. The Kier molecular flexibility index (Phi) is 4.56. The van der Waals surface area contributed by atoms with E-state index in [1.54, 1.807) is 22.4 Å². The number of carbonyl (C=O) groups excluding carboxylic acids is 1. The Morgan fingerprint density at radius 3 is 2.58 bits per heavy atom. The molecule has 8 heteroatoms. The van der Waals surface area contributed by atoms with Gasteiger partial charge in [0.15, 0.2) is 0 Å². The van der Waals surface area contributed by atoms with Crippen LogP contribution in [0.15, 0.2) is 52.2 Å². The van der Waals surface area contributed by atoms with E-state index in [4.69, 9.17) is 0 Å². The Hall–Kier alpha value is -2.16. The van der Waals surface area contributed by atoms with Gasteiger partial charge in [-0.15, -0.1) is 11.3 Å². The summed E-state index contributed by atoms with van der Waals surface area (Å²) in [7, 11) is -3.44. The maximum atomic E-state index is 12.6. The first kappa shape index (κ1) is 17.3. The standard InChI is InChI=1S/C18H19N3O3S2/c22-17(12-14-13-19-16-5-2-1-4-15(14)16)20-7-9-21(10-8-20)26(23,24)18-6-3-11-25-18/h1-6,11,13,19H,7-10,12H2. The van der Waals surface area contributed by atoms with Gasteiger partial charge in [0.1, 0.15) is 4.21 Å². The molecule has 3 aromatic rings. The molecule has 3 heterocycles. The van der Waals surface area contributed by atoms with Crippen molar-refractivity contribution in [3.05, 3.63) is 53.5 Å². The Morgan fingerprint density at radius 2 is 1.85 bits per heavy atom. The number of nitrogens with zero attached hydrogens (tertiary/aromatic N) is 2. The summed E-state index contributed by atoms with van der Waals surface area (Å²) >= 11 is 1.22. The van der Waals surface area contributed by atoms with Crippen molar-refractivity contribution in [1.29, 1.82) is 0 Å². The minimum atomic E-state index is -3.44. The number of piperazine rings is 1. The first-order valence-electron chi connectivity index (χ1n) is 8.42. The number of thiophene rings is 1. The Morgan fingerprint density at radius 1 is 1.08 bits per heavy atom. The largest absolute Gasteiger partial charge is 0.361 e. The summed E-state index contributed by atoms with van der Waals surface area (Å²) in [6.45, 7) is 1.51. The highest BCUT2D eigenvalue weighted by Gasteiger charge is 2.30. The molecule has 136 valence electrons. The Balaban J connectivity index is 1.41. The van der Waals surface area contributed by atoms with Gasteiger partial charge in [0.05, 0.1) is 6.42 Å². The topological polar surface area (TPSA) is 73.5 Å². The van der Waals surface area contributed by atoms with Crippen molar-refractivity contribution in [3.63, 3.8) is 0 Å². The van der Waals surface area contributed by atoms with Crippen LogP contribution >= 0.6 is 11.3 Å². The van der Waals surface area contributed by atoms with Crippen LogP contribution in [0.1, 0.15) is 5.56 Å². The van der Waals surface area contributed by atoms with Crippen molar-refractivity contribution in [3.8, 4) is 0 Å². The number of aromatic amines is 1. The van der Waals surface area contributed by atoms with Gasteiger partial charge >= 0.3 is 0 Å². The van der Waals surface area contributed by atoms with Crippen LogP contribution in [0.3, 0.4) is 0 Å². The lowest BCUT2D eigenvalue weighted by atomic mass is 10.1. The quantitative estimate of drug-likeness (QED) is 0.744. The fourth-order valence-electron chi connectivity index (χ4n) is 3.27. The van der Waals surface area contributed by atoms with Crippen molar-refractivity contribution in [2.24, 2.45) is 0 Å². The van der Waals surface area contributed by atoms with E-state index >= 15 is 0 Å². The van der Waals surface area contributed by atoms with E-state index in [1.165, 1.54) is 15.6 Å². The van der Waals surface area contributed by atoms with Gasteiger partial charge in [-0.2, -0.15) is 4.31 Å². The van der Waals surface area contributed by atoms with Crippen LogP contribution < -0.4 is 0 Å². The second-order valence-electron chi connectivity index (χ2n) is 6.25. The van der Waals surface area contributed by atoms with Crippen molar-refractivity contribution < 1.29 is 13.2 Å². The number of benzene rings is 1. The van der Waals surface area contributed by atoms with E-state index in [1.807, 2.05) is 30.5 Å². The molecular weight excluding hydrogens is 370 g/mol. The Bertz CT molecular complexity index is 1020. The zero-order chi connectivity index (χ0) is 18.1. The second kappa shape index (κ2) is 6.86. The molecule has 1 saturated heterocycles. The monoisotopic (exact) mass is 389 g/mol. The van der Waals surface area contributed by atoms with E-state index in [9.17, 15) is 13.2 Å². The highest BCUT2D eigenvalue weighted by molar-refractivity contribution is 7.91. The average Bonchev–Trinajstić information content (AvgIpc) is 3.33. The smallest absolute Gasteiger partial charge is 0.252 e. The zero-order valence-electron chi connectivity index (χ0n) is 14.1. The van der Waals surface area contributed by atoms with E-state index in [-0.39, 0.29) is 5.91 Å². The first-order valence-corrected chi connectivity index (χ1v) is 10.7. The predicted octanol–water partition coefficient (Wildman–Crippen LogP) is 2.31. The highest BCUT2D eigenvalue weighted by Crippen LogP contribution is 2.23. The molecule has 0 atom stereocenters. The molecule has 0 aliphatic carbocycles. The van der Waals surface area contributed by atoms with Crippen LogP contribution in [0.4, 0.5) is 0 Å². The van der Waals surface area contributed by atoms with E-state index in [0.29, 0.717) is 36.8 Å². The maximum Gasteiger partial charge on any atom is 0.252 e. The Labute approximate surface area is 156 Å². The summed E-state index contributed by atoms with van der Waals surface area (Å²) in [6.07, 6.45) is 2.20. The summed E-state index contributed by atoms with van der Waals surface area (Å²) in [6, 6.07) is 11.3. The van der Waals surface area contributed by atoms with Crippen LogP contribution in [0.25, 0.3) is 10.9 Å². The highest BCUT2D eigenvalue weighted by atomic mass is 32.2. The van der Waals surface area contributed by atoms with Crippen LogP contribution in [0, 0.1) is 0 Å². The molecule has 1 aliphatic heterocycles. The summed E-state index contributed by atoms with van der Waals surface area (Å²) in [5.41, 5.74) is 1.99. The maximum absolute atomic E-state index is 12.6. The van der Waals surface area contributed by atoms with Crippen LogP contribution in [-0.4, -0.2) is 54.7 Å². The molecule has 2 aromatic heterocycles. The molecule has 0 spiro atoms. The number of sulfonamides is 1. The van der Waals surface area contributed by atoms with E-state index in [0.717, 1.165) is 16.5 Å². The van der Waals surface area contributed by atoms with Gasteiger partial charge in [-0.1, -0.05) is 24.3 Å². The van der Waals surface area contributed by atoms with Crippen molar-refractivity contribution in [2.45, 2.75) is 10.6 Å². The van der Waals surface area contributed by atoms with Crippen molar-refractivity contribution in [1.82, 2.24) is 14.2 Å². The van der Waals surface area contributed by atoms with Crippen LogP contribution in [-0.2, 0) is 21.2 Å². The summed E-state index contributed by atoms with van der Waals surface area (Å²) in [5, 5.41) is 2.81. The normalized spacial score (nSPS) is 16.2. The van der Waals surface area contributed by atoms with Gasteiger partial charge in [-0.05, 0) is 23.1 Å². The number of hydrogen-bond acceptors (Lipinski definition) is 4. The number of aromatic nitrogens is 1. The van der Waals surface area contributed by atoms with Gasteiger partial charge in [0, 0.05) is 43.3 Å². The van der Waals surface area contributed by atoms with Gasteiger partial charge in [-0.3, -0.25) is 4.79 Å². The number of para-hydroxylation sites is 1. The minimum Gasteiger partial charge on any atom is -0.361 e. The number of hydrogen-bond donors (Lipinski definition) is 1. The molecule has 0 saturated carbocycles. The molecule has 1 aromatic carbocycles. The molecule has 0 unspecified atom stereocenters. The fraction of sp³-hybridized carbons (Fsp3) is 0.278. The summed E-state index contributed by atoms with van der Waals surface area (Å²) in [4.78, 5) is 17.6. The number of fused-ring (bicyclic) bond motifs is 1. The molecule has 0 radical (unpaired) electrons. The number of nitrogens with one attached hydrogen (secondary N) is 1. The molecule has 26 heavy (non-hydrogen) atoms. The summed E-state index contributed by atoms with van der Waals surface area (Å²) in [5.74, 6) is 0.0305. The van der Waals surface area contributed by atoms with Crippen molar-refractivity contribution in [2.75, 3.05) is 26.2 Å². The van der Waals surface area contributed by atoms with Gasteiger partial charge in [0.2, 0.25) is 5.91 Å². The summed E-state index contributed by atoms with van der Waals surface area (Å²) < 4.78 is 26.9. The third-order valence-corrected chi connectivity index (χ3v) is 7.97. The number of carbonyl (C=O) groups is 1. The molecular formula is C18H19N3O3S2. The molecule has 4 rings (SSSR count). The van der Waals surface area contributed by atoms with Gasteiger partial charge in [-0.25, -0.2) is 8.42 Å². The number of H-pyrrole nitrogens is 1. The molecule has 1 amide bonds. The first-order chi connectivity index (χ1) is 12.6. The number of rotatable bonds is 4. The third kappa shape index (κ3) is 3.15. The van der Waals surface area contributed by atoms with Crippen molar-refractivity contribution >= 4 is 38.2 Å². The SMILES string of the molecule is O=C(Cc1c[nH]c2ccccc12)N1CCN(S(=O)(=O)c2cccs2)CC1. The molecule has 1 aliphatic rings. The lowest BCUT2D eigenvalue weighted by Gasteiger charge is -2.33. The molecule has 6 nitrogen and oxygen atoms in total. The zero-order valence-corrected chi connectivity index (χ0v) is 15.7. The minimum absolute atomic E-state index is 0.0305. The average molecular weight is 390 g/mol. The van der Waals surface area contributed by atoms with Crippen LogP contribution in [0.5, 0.6) is 0 Å². The molecule has 1 fully saturated rings. The predicted molar refractivity (Wildman–Crippen MR) is 102 cm³/mol. The number of amides is 1. The van der Waals surface area contributed by atoms with Gasteiger partial charge < -0.3 is 9.88 Å². The lowest BCUT2D eigenvalue weighted by molar-refractivity contribution is -0.131. The van der Waals surface area contributed by atoms with Crippen LogP contribution in [0.2, 0.25) is 0 Å². The molecule has 1 N–H and O–H groups in total.